The van der Waals surface area contributed by atoms with Crippen molar-refractivity contribution in [3.63, 3.8) is 0 Å². The number of nitrogens with one attached hydrogen (secondary N) is 1. The van der Waals surface area contributed by atoms with Gasteiger partial charge in [0.05, 0.1) is 21.9 Å². The van der Waals surface area contributed by atoms with Crippen molar-refractivity contribution >= 4 is 34.2 Å². The molecule has 0 bridgehead atoms. The molecule has 2 aromatic heterocycles. The molecule has 5 aromatic rings. The van der Waals surface area contributed by atoms with Crippen LogP contribution in [0.5, 0.6) is 0 Å². The van der Waals surface area contributed by atoms with Crippen LogP contribution in [0.2, 0.25) is 0 Å². The van der Waals surface area contributed by atoms with Crippen molar-refractivity contribution in [3.05, 3.63) is 105 Å². The van der Waals surface area contributed by atoms with Gasteiger partial charge in [-0.15, -0.1) is 0 Å². The van der Waals surface area contributed by atoms with E-state index in [-0.39, 0.29) is 11.4 Å². The van der Waals surface area contributed by atoms with E-state index in [4.69, 9.17) is 17.2 Å². The molecular formula is C30H30FN5OS. The van der Waals surface area contributed by atoms with Crippen molar-refractivity contribution in [1.82, 2.24) is 24.0 Å². The summed E-state index contributed by atoms with van der Waals surface area (Å²) in [5.74, 6) is 1.41. The van der Waals surface area contributed by atoms with Crippen LogP contribution in [0.15, 0.2) is 77.6 Å². The highest BCUT2D eigenvalue weighted by Crippen LogP contribution is 2.25. The zero-order valence-corrected chi connectivity index (χ0v) is 22.0. The normalized spacial score (nSPS) is 15.0. The number of piperidine rings is 1. The van der Waals surface area contributed by atoms with Crippen molar-refractivity contribution in [2.75, 3.05) is 19.6 Å². The molecule has 0 spiro atoms. The molecule has 6 nitrogen and oxygen atoms in total. The number of likely N-dealkylation sites (tertiary alicyclic amines) is 1. The third-order valence-corrected chi connectivity index (χ3v) is 8.02. The Morgan fingerprint density at radius 2 is 1.66 bits per heavy atom. The lowest BCUT2D eigenvalue weighted by Gasteiger charge is -2.32. The Labute approximate surface area is 225 Å². The molecule has 0 unspecified atom stereocenters. The first kappa shape index (κ1) is 24.7. The quantitative estimate of drug-likeness (QED) is 0.282. The number of aromatic amines is 1. The average molecular weight is 528 g/mol. The van der Waals surface area contributed by atoms with Crippen LogP contribution >= 0.6 is 12.2 Å². The Bertz CT molecular complexity index is 1700. The molecule has 3 aromatic carbocycles. The highest BCUT2D eigenvalue weighted by atomic mass is 32.1. The second-order valence-electron chi connectivity index (χ2n) is 10.2. The number of halogens is 1. The van der Waals surface area contributed by atoms with Gasteiger partial charge in [-0.25, -0.2) is 9.37 Å². The standard InChI is InChI=1S/C30H30FN5OS/c31-23-11-9-22(10-12-23)20-36-27-8-4-3-7-26(27)32-28(36)19-21-13-15-34(16-14-21)17-18-35-29(37)24-5-1-2-6-25(24)33-30(35)38/h1-12,21H,13-20H2,(H,33,38). The van der Waals surface area contributed by atoms with E-state index in [9.17, 15) is 9.18 Å². The largest absolute Gasteiger partial charge is 0.332 e. The van der Waals surface area contributed by atoms with E-state index in [2.05, 4.69) is 26.6 Å². The maximum absolute atomic E-state index is 13.4. The number of rotatable bonds is 7. The third-order valence-electron chi connectivity index (χ3n) is 7.70. The minimum Gasteiger partial charge on any atom is -0.332 e. The predicted octanol–water partition coefficient (Wildman–Crippen LogP) is 5.55. The van der Waals surface area contributed by atoms with Gasteiger partial charge in [0.2, 0.25) is 0 Å². The summed E-state index contributed by atoms with van der Waals surface area (Å²) in [6.45, 7) is 4.03. The van der Waals surface area contributed by atoms with Gasteiger partial charge in [-0.3, -0.25) is 9.36 Å². The number of benzene rings is 3. The number of nitrogens with zero attached hydrogens (tertiary/aromatic N) is 4. The Morgan fingerprint density at radius 3 is 2.47 bits per heavy atom. The minimum absolute atomic E-state index is 0.0284. The average Bonchev–Trinajstić information content (AvgIpc) is 3.27. The maximum atomic E-state index is 13.4. The summed E-state index contributed by atoms with van der Waals surface area (Å²) in [7, 11) is 0. The van der Waals surface area contributed by atoms with Crippen LogP contribution in [0.25, 0.3) is 21.9 Å². The van der Waals surface area contributed by atoms with Gasteiger partial charge in [0.25, 0.3) is 5.56 Å². The first-order valence-electron chi connectivity index (χ1n) is 13.2. The molecule has 194 valence electrons. The van der Waals surface area contributed by atoms with E-state index in [0.29, 0.717) is 29.2 Å². The molecule has 0 atom stereocenters. The van der Waals surface area contributed by atoms with Gasteiger partial charge < -0.3 is 14.5 Å². The molecule has 0 amide bonds. The van der Waals surface area contributed by atoms with Crippen LogP contribution in [0.1, 0.15) is 24.2 Å². The van der Waals surface area contributed by atoms with Crippen LogP contribution in [-0.4, -0.2) is 43.6 Å². The van der Waals surface area contributed by atoms with Crippen LogP contribution in [0.4, 0.5) is 4.39 Å². The Balaban J connectivity index is 1.12. The molecule has 6 rings (SSSR count). The van der Waals surface area contributed by atoms with Crippen LogP contribution in [0, 0.1) is 16.5 Å². The number of aromatic nitrogens is 4. The van der Waals surface area contributed by atoms with Crippen LogP contribution in [0.3, 0.4) is 0 Å². The number of hydrogen-bond acceptors (Lipinski definition) is 4. The summed E-state index contributed by atoms with van der Waals surface area (Å²) in [6.07, 6.45) is 3.08. The van der Waals surface area contributed by atoms with Crippen molar-refractivity contribution in [3.8, 4) is 0 Å². The molecule has 0 saturated carbocycles. The fourth-order valence-corrected chi connectivity index (χ4v) is 5.83. The first-order valence-corrected chi connectivity index (χ1v) is 13.6. The van der Waals surface area contributed by atoms with Gasteiger partial charge in [0.1, 0.15) is 11.6 Å². The van der Waals surface area contributed by atoms with E-state index in [1.54, 1.807) is 4.57 Å². The molecule has 3 heterocycles. The zero-order chi connectivity index (χ0) is 26.1. The molecule has 8 heteroatoms. The fraction of sp³-hybridized carbons (Fsp3) is 0.300. The Kier molecular flexibility index (Phi) is 6.91. The van der Waals surface area contributed by atoms with Crippen molar-refractivity contribution in [2.24, 2.45) is 5.92 Å². The number of imidazole rings is 1. The van der Waals surface area contributed by atoms with Crippen LogP contribution < -0.4 is 5.56 Å². The molecule has 0 radical (unpaired) electrons. The number of hydrogen-bond donors (Lipinski definition) is 1. The van der Waals surface area contributed by atoms with E-state index in [1.165, 1.54) is 12.1 Å². The van der Waals surface area contributed by atoms with E-state index < -0.39 is 0 Å². The van der Waals surface area contributed by atoms with Gasteiger partial charge in [-0.2, -0.15) is 0 Å². The topological polar surface area (TPSA) is 58.9 Å². The molecule has 0 aliphatic carbocycles. The van der Waals surface area contributed by atoms with E-state index >= 15 is 0 Å². The van der Waals surface area contributed by atoms with E-state index in [0.717, 1.165) is 66.8 Å². The Morgan fingerprint density at radius 1 is 0.921 bits per heavy atom. The molecule has 38 heavy (non-hydrogen) atoms. The van der Waals surface area contributed by atoms with Gasteiger partial charge in [-0.1, -0.05) is 36.4 Å². The molecule has 1 saturated heterocycles. The van der Waals surface area contributed by atoms with Gasteiger partial charge in [-0.05, 0) is 86.0 Å². The number of para-hydroxylation sites is 3. The lowest BCUT2D eigenvalue weighted by atomic mass is 9.93. The van der Waals surface area contributed by atoms with E-state index in [1.807, 2.05) is 48.5 Å². The smallest absolute Gasteiger partial charge is 0.262 e. The molecule has 1 N–H and O–H groups in total. The predicted molar refractivity (Wildman–Crippen MR) is 151 cm³/mol. The minimum atomic E-state index is -0.219. The molecule has 1 fully saturated rings. The summed E-state index contributed by atoms with van der Waals surface area (Å²) >= 11 is 5.48. The summed E-state index contributed by atoms with van der Waals surface area (Å²) < 4.78 is 17.9. The lowest BCUT2D eigenvalue weighted by molar-refractivity contribution is 0.176. The summed E-state index contributed by atoms with van der Waals surface area (Å²) in [6, 6.07) is 22.5. The first-order chi connectivity index (χ1) is 18.5. The zero-order valence-electron chi connectivity index (χ0n) is 21.1. The van der Waals surface area contributed by atoms with Crippen molar-refractivity contribution in [2.45, 2.75) is 32.4 Å². The second-order valence-corrected chi connectivity index (χ2v) is 10.5. The van der Waals surface area contributed by atoms with Gasteiger partial charge in [0.15, 0.2) is 4.77 Å². The van der Waals surface area contributed by atoms with Gasteiger partial charge >= 0.3 is 0 Å². The summed E-state index contributed by atoms with van der Waals surface area (Å²) in [5, 5.41) is 0.670. The third kappa shape index (κ3) is 5.06. The second kappa shape index (κ2) is 10.6. The molecule has 1 aliphatic rings. The summed E-state index contributed by atoms with van der Waals surface area (Å²) in [5.41, 5.74) is 3.93. The number of fused-ring (bicyclic) bond motifs is 2. The monoisotopic (exact) mass is 527 g/mol. The lowest BCUT2D eigenvalue weighted by Crippen LogP contribution is -2.38. The number of H-pyrrole nitrogens is 1. The fourth-order valence-electron chi connectivity index (χ4n) is 5.55. The highest BCUT2D eigenvalue weighted by molar-refractivity contribution is 7.71. The summed E-state index contributed by atoms with van der Waals surface area (Å²) in [4.78, 5) is 23.6. The van der Waals surface area contributed by atoms with Crippen LogP contribution in [-0.2, 0) is 19.5 Å². The van der Waals surface area contributed by atoms with Crippen molar-refractivity contribution < 1.29 is 4.39 Å². The highest BCUT2D eigenvalue weighted by Gasteiger charge is 2.22. The SMILES string of the molecule is O=c1c2ccccc2[nH]c(=S)n1CCN1CCC(Cc2nc3ccccc3n2Cc2ccc(F)cc2)CC1. The maximum Gasteiger partial charge on any atom is 0.262 e. The van der Waals surface area contributed by atoms with Crippen molar-refractivity contribution in [1.29, 1.82) is 0 Å². The molecule has 1 aliphatic heterocycles. The molecular weight excluding hydrogens is 497 g/mol. The Hall–Kier alpha value is -3.62. The van der Waals surface area contributed by atoms with Gasteiger partial charge in [0, 0.05) is 26.1 Å².